The highest BCUT2D eigenvalue weighted by Crippen LogP contribution is 2.22. The van der Waals surface area contributed by atoms with Crippen LogP contribution in [0.5, 0.6) is 0 Å². The van der Waals surface area contributed by atoms with Crippen LogP contribution in [0.25, 0.3) is 5.65 Å². The van der Waals surface area contributed by atoms with Gasteiger partial charge in [-0.1, -0.05) is 12.1 Å². The molecular weight excluding hydrogens is 332 g/mol. The van der Waals surface area contributed by atoms with Crippen LogP contribution in [-0.4, -0.2) is 34.2 Å². The molecule has 0 aliphatic carbocycles. The molecule has 0 fully saturated rings. The minimum Gasteiger partial charge on any atom is -0.462 e. The first-order chi connectivity index (χ1) is 12.4. The van der Waals surface area contributed by atoms with Gasteiger partial charge in [0, 0.05) is 25.0 Å². The average Bonchev–Trinajstić information content (AvgIpc) is 3.02. The van der Waals surface area contributed by atoms with Crippen molar-refractivity contribution in [3.63, 3.8) is 0 Å². The summed E-state index contributed by atoms with van der Waals surface area (Å²) in [7, 11) is 1.95. The number of fused-ring (bicyclic) bond motifs is 1. The number of hydrogen-bond acceptors (Lipinski definition) is 5. The number of benzene rings is 1. The number of hydrogen-bond donors (Lipinski definition) is 1. The van der Waals surface area contributed by atoms with E-state index >= 15 is 0 Å². The molecule has 7 heteroatoms. The van der Waals surface area contributed by atoms with Gasteiger partial charge in [0.05, 0.1) is 18.8 Å². The van der Waals surface area contributed by atoms with Crippen LogP contribution in [0.4, 0.5) is 5.69 Å². The average molecular weight is 354 g/mol. The van der Waals surface area contributed by atoms with Crippen LogP contribution in [0, 0.1) is 13.8 Å². The third-order valence-corrected chi connectivity index (χ3v) is 4.43. The summed E-state index contributed by atoms with van der Waals surface area (Å²) >= 11 is 0. The number of H-pyrrole nitrogens is 1. The monoisotopic (exact) mass is 354 g/mol. The smallest absolute Gasteiger partial charge is 0.343 e. The Bertz CT molecular complexity index is 1020. The summed E-state index contributed by atoms with van der Waals surface area (Å²) in [6.07, 6.45) is 1.44. The zero-order valence-corrected chi connectivity index (χ0v) is 15.4. The summed E-state index contributed by atoms with van der Waals surface area (Å²) in [5.74, 6) is -0.502. The summed E-state index contributed by atoms with van der Waals surface area (Å²) < 4.78 is 6.27. The fraction of sp³-hybridized carbons (Fsp3) is 0.316. The van der Waals surface area contributed by atoms with Crippen molar-refractivity contribution in [2.45, 2.75) is 27.3 Å². The lowest BCUT2D eigenvalue weighted by molar-refractivity contribution is 0.0528. The lowest BCUT2D eigenvalue weighted by Crippen LogP contribution is -2.22. The molecule has 0 aliphatic rings. The van der Waals surface area contributed by atoms with Crippen LogP contribution < -0.4 is 10.5 Å². The molecule has 1 aromatic carbocycles. The fourth-order valence-corrected chi connectivity index (χ4v) is 2.95. The summed E-state index contributed by atoms with van der Waals surface area (Å²) in [6, 6.07) is 7.58. The molecule has 0 atom stereocenters. The number of anilines is 1. The van der Waals surface area contributed by atoms with Gasteiger partial charge in [-0.15, -0.1) is 0 Å². The molecule has 0 radical (unpaired) electrons. The number of rotatable bonds is 5. The molecule has 0 spiro atoms. The van der Waals surface area contributed by atoms with E-state index in [4.69, 9.17) is 4.74 Å². The molecular formula is C19H22N4O3. The van der Waals surface area contributed by atoms with E-state index in [2.05, 4.69) is 30.0 Å². The number of esters is 1. The number of carbonyl (C=O) groups excluding carboxylic acids is 1. The summed E-state index contributed by atoms with van der Waals surface area (Å²) in [6.45, 7) is 6.57. The summed E-state index contributed by atoms with van der Waals surface area (Å²) in [4.78, 5) is 31.0. The predicted octanol–water partition coefficient (Wildman–Crippen LogP) is 2.45. The molecule has 136 valence electrons. The Balaban J connectivity index is 1.98. The van der Waals surface area contributed by atoms with Crippen molar-refractivity contribution in [3.05, 3.63) is 63.2 Å². The Morgan fingerprint density at radius 3 is 2.85 bits per heavy atom. The Labute approximate surface area is 151 Å². The van der Waals surface area contributed by atoms with Crippen LogP contribution in [0.15, 0.2) is 35.3 Å². The molecule has 0 bridgehead atoms. The second kappa shape index (κ2) is 7.03. The van der Waals surface area contributed by atoms with Crippen LogP contribution in [0.3, 0.4) is 0 Å². The molecule has 2 aromatic heterocycles. The summed E-state index contributed by atoms with van der Waals surface area (Å²) in [5.41, 5.74) is 4.31. The number of nitrogens with one attached hydrogen (secondary N) is 1. The molecule has 2 heterocycles. The van der Waals surface area contributed by atoms with Crippen molar-refractivity contribution in [2.24, 2.45) is 0 Å². The number of aryl methyl sites for hydroxylation is 1. The third kappa shape index (κ3) is 3.20. The van der Waals surface area contributed by atoms with E-state index in [1.807, 2.05) is 24.1 Å². The first-order valence-electron chi connectivity index (χ1n) is 8.47. The third-order valence-electron chi connectivity index (χ3n) is 4.43. The molecule has 0 saturated carbocycles. The SMILES string of the molecule is CCOC(=O)c1c[nH]n2c(=O)cc(CN(C)c3cccc(C)c3C)nc12. The van der Waals surface area contributed by atoms with Gasteiger partial charge in [0.15, 0.2) is 5.65 Å². The van der Waals surface area contributed by atoms with Crippen LogP contribution in [0.1, 0.15) is 34.1 Å². The number of carbonyl (C=O) groups is 1. The van der Waals surface area contributed by atoms with Gasteiger partial charge in [0.25, 0.3) is 5.56 Å². The van der Waals surface area contributed by atoms with Gasteiger partial charge in [-0.25, -0.2) is 14.3 Å². The maximum absolute atomic E-state index is 12.4. The molecule has 26 heavy (non-hydrogen) atoms. The molecule has 3 aromatic rings. The largest absolute Gasteiger partial charge is 0.462 e. The van der Waals surface area contributed by atoms with E-state index in [-0.39, 0.29) is 23.4 Å². The van der Waals surface area contributed by atoms with E-state index < -0.39 is 5.97 Å². The molecule has 0 unspecified atom stereocenters. The minimum absolute atomic E-state index is 0.250. The van der Waals surface area contributed by atoms with Crippen molar-refractivity contribution >= 4 is 17.3 Å². The second-order valence-corrected chi connectivity index (χ2v) is 6.23. The summed E-state index contributed by atoms with van der Waals surface area (Å²) in [5, 5.41) is 2.75. The van der Waals surface area contributed by atoms with Crippen LogP contribution in [-0.2, 0) is 11.3 Å². The van der Waals surface area contributed by atoms with Gasteiger partial charge < -0.3 is 9.64 Å². The van der Waals surface area contributed by atoms with Gasteiger partial charge >= 0.3 is 5.97 Å². The lowest BCUT2D eigenvalue weighted by atomic mass is 10.1. The quantitative estimate of drug-likeness (QED) is 0.712. The first kappa shape index (κ1) is 17.7. The molecule has 1 N–H and O–H groups in total. The lowest BCUT2D eigenvalue weighted by Gasteiger charge is -2.22. The second-order valence-electron chi connectivity index (χ2n) is 6.23. The van der Waals surface area contributed by atoms with Crippen molar-refractivity contribution in [1.82, 2.24) is 14.6 Å². The van der Waals surface area contributed by atoms with E-state index in [0.717, 1.165) is 5.69 Å². The van der Waals surface area contributed by atoms with Crippen LogP contribution >= 0.6 is 0 Å². The normalized spacial score (nSPS) is 10.9. The maximum Gasteiger partial charge on any atom is 0.343 e. The molecule has 3 rings (SSSR count). The van der Waals surface area contributed by atoms with Crippen molar-refractivity contribution in [3.8, 4) is 0 Å². The topological polar surface area (TPSA) is 79.7 Å². The van der Waals surface area contributed by atoms with Gasteiger partial charge in [-0.3, -0.25) is 9.89 Å². The zero-order valence-electron chi connectivity index (χ0n) is 15.4. The Morgan fingerprint density at radius 2 is 2.12 bits per heavy atom. The van der Waals surface area contributed by atoms with E-state index in [1.54, 1.807) is 6.92 Å². The Hall–Kier alpha value is -3.09. The fourth-order valence-electron chi connectivity index (χ4n) is 2.95. The Morgan fingerprint density at radius 1 is 1.35 bits per heavy atom. The predicted molar refractivity (Wildman–Crippen MR) is 99.8 cm³/mol. The van der Waals surface area contributed by atoms with Crippen LogP contribution in [0.2, 0.25) is 0 Å². The zero-order chi connectivity index (χ0) is 18.8. The highest BCUT2D eigenvalue weighted by atomic mass is 16.5. The van der Waals surface area contributed by atoms with Gasteiger partial charge in [-0.2, -0.15) is 0 Å². The van der Waals surface area contributed by atoms with E-state index in [0.29, 0.717) is 12.2 Å². The van der Waals surface area contributed by atoms with E-state index in [9.17, 15) is 9.59 Å². The van der Waals surface area contributed by atoms with Gasteiger partial charge in [0.2, 0.25) is 0 Å². The number of aromatic amines is 1. The van der Waals surface area contributed by atoms with Crippen molar-refractivity contribution in [2.75, 3.05) is 18.6 Å². The molecule has 7 nitrogen and oxygen atoms in total. The number of ether oxygens (including phenoxy) is 1. The number of aromatic nitrogens is 3. The van der Waals surface area contributed by atoms with Gasteiger partial charge in [-0.05, 0) is 38.0 Å². The Kier molecular flexibility index (Phi) is 4.79. The first-order valence-corrected chi connectivity index (χ1v) is 8.47. The minimum atomic E-state index is -0.502. The standard InChI is InChI=1S/C19H22N4O3/c1-5-26-19(25)15-10-20-23-17(24)9-14(21-18(15)23)11-22(4)16-8-6-7-12(2)13(16)3/h6-10,20H,5,11H2,1-4H3. The maximum atomic E-state index is 12.4. The molecule has 0 amide bonds. The highest BCUT2D eigenvalue weighted by Gasteiger charge is 2.17. The molecule has 0 saturated heterocycles. The van der Waals surface area contributed by atoms with Gasteiger partial charge in [0.1, 0.15) is 5.56 Å². The van der Waals surface area contributed by atoms with Crippen molar-refractivity contribution < 1.29 is 9.53 Å². The molecule has 0 aliphatic heterocycles. The number of nitrogens with zero attached hydrogens (tertiary/aromatic N) is 3. The van der Waals surface area contributed by atoms with Crippen molar-refractivity contribution in [1.29, 1.82) is 0 Å². The highest BCUT2D eigenvalue weighted by molar-refractivity contribution is 5.95. The van der Waals surface area contributed by atoms with E-state index in [1.165, 1.54) is 27.9 Å².